The molecule has 0 aromatic rings. The standard InChI is InChI=1S/C7H12N2O7S2/c10-7-8-2-3-9(7)18(13,14)15-5-6-1-4-17(11,12)16-6/h6H,1-5H2,(H,8,10). The smallest absolute Gasteiger partial charge is 0.335 e. The van der Waals surface area contributed by atoms with Crippen molar-refractivity contribution in [3.8, 4) is 0 Å². The number of hydrogen-bond donors (Lipinski definition) is 1. The van der Waals surface area contributed by atoms with Crippen molar-refractivity contribution in [2.45, 2.75) is 12.5 Å². The molecule has 1 N–H and O–H groups in total. The average Bonchev–Trinajstić information content (AvgIpc) is 2.82. The van der Waals surface area contributed by atoms with Crippen LogP contribution < -0.4 is 5.32 Å². The topological polar surface area (TPSA) is 119 Å². The highest BCUT2D eigenvalue weighted by atomic mass is 32.2. The minimum Gasteiger partial charge on any atom is -0.335 e. The van der Waals surface area contributed by atoms with E-state index < -0.39 is 39.2 Å². The van der Waals surface area contributed by atoms with Crippen molar-refractivity contribution in [2.24, 2.45) is 0 Å². The number of hydrogen-bond acceptors (Lipinski definition) is 7. The minimum absolute atomic E-state index is 0.00894. The first-order chi connectivity index (χ1) is 8.30. The number of nitrogens with zero attached hydrogens (tertiary/aromatic N) is 1. The predicted octanol–water partition coefficient (Wildman–Crippen LogP) is -1.61. The van der Waals surface area contributed by atoms with Crippen molar-refractivity contribution in [3.63, 3.8) is 0 Å². The fourth-order valence-electron chi connectivity index (χ4n) is 1.58. The largest absolute Gasteiger partial charge is 0.366 e. The summed E-state index contributed by atoms with van der Waals surface area (Å²) in [5.74, 6) is -0.161. The molecule has 0 aliphatic carbocycles. The number of carbonyl (C=O) groups is 1. The molecule has 0 bridgehead atoms. The molecule has 104 valence electrons. The normalized spacial score (nSPS) is 27.4. The predicted molar refractivity (Wildman–Crippen MR) is 58.3 cm³/mol. The third-order valence-corrected chi connectivity index (χ3v) is 5.09. The molecule has 0 aromatic carbocycles. The average molecular weight is 300 g/mol. The Labute approximate surface area is 104 Å². The molecule has 18 heavy (non-hydrogen) atoms. The van der Waals surface area contributed by atoms with E-state index in [1.54, 1.807) is 0 Å². The van der Waals surface area contributed by atoms with Gasteiger partial charge in [-0.3, -0.25) is 8.37 Å². The first-order valence-corrected chi connectivity index (χ1v) is 8.10. The van der Waals surface area contributed by atoms with E-state index in [0.717, 1.165) is 0 Å². The molecule has 0 saturated carbocycles. The second-order valence-corrected chi connectivity index (χ2v) is 7.06. The second kappa shape index (κ2) is 4.64. The van der Waals surface area contributed by atoms with Gasteiger partial charge in [-0.2, -0.15) is 21.1 Å². The molecule has 11 heteroatoms. The molecule has 2 amide bonds. The molecule has 0 radical (unpaired) electrons. The lowest BCUT2D eigenvalue weighted by molar-refractivity contribution is 0.147. The van der Waals surface area contributed by atoms with Gasteiger partial charge in [-0.15, -0.1) is 0 Å². The van der Waals surface area contributed by atoms with Gasteiger partial charge in [0, 0.05) is 6.54 Å². The number of nitrogens with one attached hydrogen (secondary N) is 1. The SMILES string of the molecule is O=C1NCCN1S(=O)(=O)OCC1CCS(=O)(=O)O1. The summed E-state index contributed by atoms with van der Waals surface area (Å²) < 4.78 is 54.9. The van der Waals surface area contributed by atoms with Gasteiger partial charge in [0.15, 0.2) is 0 Å². The van der Waals surface area contributed by atoms with Crippen LogP contribution in [0.15, 0.2) is 0 Å². The Balaban J connectivity index is 1.92. The van der Waals surface area contributed by atoms with E-state index in [0.29, 0.717) is 4.31 Å². The lowest BCUT2D eigenvalue weighted by Crippen LogP contribution is -2.36. The molecule has 1 atom stereocenters. The zero-order valence-electron chi connectivity index (χ0n) is 9.23. The lowest BCUT2D eigenvalue weighted by atomic mass is 10.3. The number of amides is 2. The molecule has 1 unspecified atom stereocenters. The Morgan fingerprint density at radius 3 is 2.72 bits per heavy atom. The molecule has 0 spiro atoms. The van der Waals surface area contributed by atoms with E-state index in [2.05, 4.69) is 13.7 Å². The quantitative estimate of drug-likeness (QED) is 0.620. The lowest BCUT2D eigenvalue weighted by Gasteiger charge is -2.15. The van der Waals surface area contributed by atoms with Crippen molar-refractivity contribution in [2.75, 3.05) is 25.4 Å². The molecular weight excluding hydrogens is 288 g/mol. The molecule has 9 nitrogen and oxygen atoms in total. The molecule has 2 saturated heterocycles. The Bertz CT molecular complexity index is 540. The molecule has 0 aromatic heterocycles. The van der Waals surface area contributed by atoms with Crippen molar-refractivity contribution in [1.29, 1.82) is 0 Å². The Morgan fingerprint density at radius 1 is 1.50 bits per heavy atom. The van der Waals surface area contributed by atoms with Crippen LogP contribution >= 0.6 is 0 Å². The summed E-state index contributed by atoms with van der Waals surface area (Å²) in [5, 5.41) is 2.32. The minimum atomic E-state index is -4.19. The van der Waals surface area contributed by atoms with Crippen LogP contribution in [0.4, 0.5) is 4.79 Å². The van der Waals surface area contributed by atoms with Crippen LogP contribution in [0.25, 0.3) is 0 Å². The monoisotopic (exact) mass is 300 g/mol. The number of carbonyl (C=O) groups excluding carboxylic acids is 1. The zero-order chi connectivity index (χ0) is 13.4. The third kappa shape index (κ3) is 2.91. The molecule has 2 heterocycles. The van der Waals surface area contributed by atoms with Crippen molar-refractivity contribution < 1.29 is 30.0 Å². The summed E-state index contributed by atoms with van der Waals surface area (Å²) in [7, 11) is -7.75. The summed E-state index contributed by atoms with van der Waals surface area (Å²) in [6.07, 6.45) is -0.653. The maximum atomic E-state index is 11.6. The highest BCUT2D eigenvalue weighted by molar-refractivity contribution is 7.87. The number of rotatable bonds is 4. The van der Waals surface area contributed by atoms with E-state index >= 15 is 0 Å². The summed E-state index contributed by atoms with van der Waals surface area (Å²) in [4.78, 5) is 11.1. The van der Waals surface area contributed by atoms with Gasteiger partial charge in [0.25, 0.3) is 10.1 Å². The van der Waals surface area contributed by atoms with Crippen LogP contribution in [0, 0.1) is 0 Å². The van der Waals surface area contributed by atoms with Crippen LogP contribution in [0.3, 0.4) is 0 Å². The van der Waals surface area contributed by atoms with Crippen LogP contribution in [-0.2, 0) is 28.8 Å². The Morgan fingerprint density at radius 2 is 2.22 bits per heavy atom. The van der Waals surface area contributed by atoms with Crippen LogP contribution in [-0.4, -0.2) is 58.7 Å². The molecule has 2 aliphatic heterocycles. The van der Waals surface area contributed by atoms with E-state index in [9.17, 15) is 21.6 Å². The van der Waals surface area contributed by atoms with Gasteiger partial charge >= 0.3 is 16.3 Å². The van der Waals surface area contributed by atoms with E-state index in [1.165, 1.54) is 0 Å². The molecule has 2 aliphatic rings. The van der Waals surface area contributed by atoms with Gasteiger partial charge in [0.1, 0.15) is 6.10 Å². The summed E-state index contributed by atoms with van der Waals surface area (Å²) >= 11 is 0. The first-order valence-electron chi connectivity index (χ1n) is 5.16. The van der Waals surface area contributed by atoms with Crippen LogP contribution in [0.2, 0.25) is 0 Å². The Kier molecular flexibility index (Phi) is 3.49. The van der Waals surface area contributed by atoms with Gasteiger partial charge in [-0.25, -0.2) is 4.79 Å². The third-order valence-electron chi connectivity index (χ3n) is 2.46. The zero-order valence-corrected chi connectivity index (χ0v) is 10.9. The molecule has 2 rings (SSSR count). The van der Waals surface area contributed by atoms with Gasteiger partial charge in [0.05, 0.1) is 18.9 Å². The summed E-state index contributed by atoms with van der Waals surface area (Å²) in [6, 6.07) is -0.755. The fourth-order valence-corrected chi connectivity index (χ4v) is 3.83. The van der Waals surface area contributed by atoms with E-state index in [1.807, 2.05) is 0 Å². The molecule has 2 fully saturated rings. The second-order valence-electron chi connectivity index (χ2n) is 3.81. The number of urea groups is 1. The maximum Gasteiger partial charge on any atom is 0.366 e. The van der Waals surface area contributed by atoms with Crippen molar-refractivity contribution in [1.82, 2.24) is 9.62 Å². The van der Waals surface area contributed by atoms with Gasteiger partial charge < -0.3 is 5.32 Å². The molecular formula is C7H12N2O7S2. The van der Waals surface area contributed by atoms with Gasteiger partial charge in [-0.05, 0) is 6.42 Å². The summed E-state index contributed by atoms with van der Waals surface area (Å²) in [5.41, 5.74) is 0. The van der Waals surface area contributed by atoms with Crippen molar-refractivity contribution >= 4 is 26.5 Å². The Hall–Kier alpha value is -0.910. The first kappa shape index (κ1) is 13.5. The van der Waals surface area contributed by atoms with Crippen LogP contribution in [0.5, 0.6) is 0 Å². The summed E-state index contributed by atoms with van der Waals surface area (Å²) in [6.45, 7) is -0.216. The van der Waals surface area contributed by atoms with E-state index in [-0.39, 0.29) is 25.3 Å². The van der Waals surface area contributed by atoms with Crippen molar-refractivity contribution in [3.05, 3.63) is 0 Å². The van der Waals surface area contributed by atoms with Crippen LogP contribution in [0.1, 0.15) is 6.42 Å². The highest BCUT2D eigenvalue weighted by Gasteiger charge is 2.35. The van der Waals surface area contributed by atoms with Gasteiger partial charge in [-0.1, -0.05) is 0 Å². The van der Waals surface area contributed by atoms with Gasteiger partial charge in [0.2, 0.25) is 0 Å². The van der Waals surface area contributed by atoms with E-state index in [4.69, 9.17) is 0 Å². The fraction of sp³-hybridized carbons (Fsp3) is 0.857. The maximum absolute atomic E-state index is 11.6. The highest BCUT2D eigenvalue weighted by Crippen LogP contribution is 2.17.